The Labute approximate surface area is 160 Å². The van der Waals surface area contributed by atoms with Crippen molar-refractivity contribution in [1.29, 1.82) is 0 Å². The lowest BCUT2D eigenvalue weighted by Crippen LogP contribution is -2.04. The van der Waals surface area contributed by atoms with Gasteiger partial charge in [0, 0.05) is 29.7 Å². The molecule has 0 radical (unpaired) electrons. The summed E-state index contributed by atoms with van der Waals surface area (Å²) >= 11 is 3.34. The minimum absolute atomic E-state index is 0.288. The standard InChI is InChI=1S/C18H20N4O2S2/c1-3-7-22-16(4-2)20-21-18(22)26-10-13-9-25-17(19-13)12-5-6-14-15(8-12)24-11-23-14/h5-6,8-9H,3-4,7,10-11H2,1-2H3. The van der Waals surface area contributed by atoms with Crippen molar-refractivity contribution in [3.05, 3.63) is 35.1 Å². The maximum Gasteiger partial charge on any atom is 0.231 e. The van der Waals surface area contributed by atoms with Gasteiger partial charge in [-0.15, -0.1) is 21.5 Å². The van der Waals surface area contributed by atoms with Gasteiger partial charge < -0.3 is 14.0 Å². The smallest absolute Gasteiger partial charge is 0.231 e. The summed E-state index contributed by atoms with van der Waals surface area (Å²) in [5.41, 5.74) is 2.11. The van der Waals surface area contributed by atoms with Crippen molar-refractivity contribution in [2.24, 2.45) is 0 Å². The SMILES string of the molecule is CCCn1c(CC)nnc1SCc1csc(-c2ccc3c(c2)OCO3)n1. The molecule has 6 nitrogen and oxygen atoms in total. The van der Waals surface area contributed by atoms with Gasteiger partial charge in [-0.1, -0.05) is 25.6 Å². The molecule has 26 heavy (non-hydrogen) atoms. The van der Waals surface area contributed by atoms with E-state index in [2.05, 4.69) is 34.0 Å². The molecule has 3 aromatic rings. The van der Waals surface area contributed by atoms with Crippen LogP contribution in [0.25, 0.3) is 10.6 Å². The normalized spacial score (nSPS) is 12.7. The van der Waals surface area contributed by atoms with Crippen LogP contribution in [0.3, 0.4) is 0 Å². The highest BCUT2D eigenvalue weighted by molar-refractivity contribution is 7.98. The lowest BCUT2D eigenvalue weighted by molar-refractivity contribution is 0.174. The van der Waals surface area contributed by atoms with Gasteiger partial charge in [0.05, 0.1) is 5.69 Å². The first-order chi connectivity index (χ1) is 12.8. The number of nitrogens with zero attached hydrogens (tertiary/aromatic N) is 4. The van der Waals surface area contributed by atoms with Gasteiger partial charge in [-0.05, 0) is 24.6 Å². The third-order valence-corrected chi connectivity index (χ3v) is 6.02. The summed E-state index contributed by atoms with van der Waals surface area (Å²) in [5, 5.41) is 12.7. The Hall–Kier alpha value is -2.06. The topological polar surface area (TPSA) is 62.1 Å². The fourth-order valence-electron chi connectivity index (χ4n) is 2.81. The first-order valence-corrected chi connectivity index (χ1v) is 10.5. The molecule has 0 spiro atoms. The number of aryl methyl sites for hydroxylation is 1. The van der Waals surface area contributed by atoms with Gasteiger partial charge in [-0.3, -0.25) is 0 Å². The van der Waals surface area contributed by atoms with E-state index in [1.807, 2.05) is 18.2 Å². The van der Waals surface area contributed by atoms with Crippen LogP contribution in [0.1, 0.15) is 31.8 Å². The van der Waals surface area contributed by atoms with Crippen molar-refractivity contribution in [2.75, 3.05) is 6.79 Å². The summed E-state index contributed by atoms with van der Waals surface area (Å²) in [6, 6.07) is 5.95. The molecule has 8 heteroatoms. The Bertz CT molecular complexity index is 906. The van der Waals surface area contributed by atoms with Gasteiger partial charge in [0.25, 0.3) is 0 Å². The summed E-state index contributed by atoms with van der Waals surface area (Å²) in [6.07, 6.45) is 1.97. The van der Waals surface area contributed by atoms with Crippen molar-refractivity contribution in [3.8, 4) is 22.1 Å². The van der Waals surface area contributed by atoms with Crippen molar-refractivity contribution < 1.29 is 9.47 Å². The van der Waals surface area contributed by atoms with Gasteiger partial charge in [0.1, 0.15) is 10.8 Å². The largest absolute Gasteiger partial charge is 0.454 e. The van der Waals surface area contributed by atoms with Crippen LogP contribution in [-0.4, -0.2) is 26.5 Å². The molecular weight excluding hydrogens is 368 g/mol. The van der Waals surface area contributed by atoms with E-state index in [1.54, 1.807) is 23.1 Å². The maximum atomic E-state index is 5.45. The highest BCUT2D eigenvalue weighted by Crippen LogP contribution is 2.37. The fourth-order valence-corrected chi connectivity index (χ4v) is 4.61. The summed E-state index contributed by atoms with van der Waals surface area (Å²) in [4.78, 5) is 4.77. The van der Waals surface area contributed by atoms with Crippen LogP contribution in [0.2, 0.25) is 0 Å². The molecule has 3 heterocycles. The molecule has 0 fully saturated rings. The molecule has 0 atom stereocenters. The molecule has 0 amide bonds. The minimum atomic E-state index is 0.288. The average molecular weight is 389 g/mol. The molecule has 0 N–H and O–H groups in total. The number of hydrogen-bond donors (Lipinski definition) is 0. The zero-order chi connectivity index (χ0) is 17.9. The summed E-state index contributed by atoms with van der Waals surface area (Å²) in [6.45, 7) is 5.53. The van der Waals surface area contributed by atoms with Crippen LogP contribution in [0.4, 0.5) is 0 Å². The van der Waals surface area contributed by atoms with Crippen molar-refractivity contribution >= 4 is 23.1 Å². The number of thioether (sulfide) groups is 1. The average Bonchev–Trinajstić information content (AvgIpc) is 3.39. The maximum absolute atomic E-state index is 5.45. The van der Waals surface area contributed by atoms with E-state index < -0.39 is 0 Å². The van der Waals surface area contributed by atoms with Crippen molar-refractivity contribution in [1.82, 2.24) is 19.7 Å². The quantitative estimate of drug-likeness (QED) is 0.559. The predicted octanol–water partition coefficient (Wildman–Crippen LogP) is 4.40. The van der Waals surface area contributed by atoms with Gasteiger partial charge in [-0.25, -0.2) is 4.98 Å². The van der Waals surface area contributed by atoms with Gasteiger partial charge >= 0.3 is 0 Å². The van der Waals surface area contributed by atoms with Gasteiger partial charge in [-0.2, -0.15) is 0 Å². The molecule has 0 saturated heterocycles. The van der Waals surface area contributed by atoms with E-state index in [1.165, 1.54) is 0 Å². The van der Waals surface area contributed by atoms with E-state index in [9.17, 15) is 0 Å². The Morgan fingerprint density at radius 1 is 1.19 bits per heavy atom. The molecule has 1 aromatic carbocycles. The van der Waals surface area contributed by atoms with Crippen LogP contribution in [-0.2, 0) is 18.7 Å². The van der Waals surface area contributed by atoms with Crippen LogP contribution < -0.4 is 9.47 Å². The van der Waals surface area contributed by atoms with E-state index >= 15 is 0 Å². The van der Waals surface area contributed by atoms with E-state index in [0.29, 0.717) is 0 Å². The molecule has 136 valence electrons. The molecule has 1 aliphatic heterocycles. The minimum Gasteiger partial charge on any atom is -0.454 e. The lowest BCUT2D eigenvalue weighted by Gasteiger charge is -2.06. The van der Waals surface area contributed by atoms with E-state index in [-0.39, 0.29) is 6.79 Å². The van der Waals surface area contributed by atoms with Crippen LogP contribution in [0, 0.1) is 0 Å². The Balaban J connectivity index is 1.47. The first-order valence-electron chi connectivity index (χ1n) is 8.67. The highest BCUT2D eigenvalue weighted by atomic mass is 32.2. The number of rotatable bonds is 7. The number of ether oxygens (including phenoxy) is 2. The highest BCUT2D eigenvalue weighted by Gasteiger charge is 2.16. The van der Waals surface area contributed by atoms with Gasteiger partial charge in [0.15, 0.2) is 16.7 Å². The Kier molecular flexibility index (Phi) is 5.12. The van der Waals surface area contributed by atoms with Crippen LogP contribution in [0.15, 0.2) is 28.7 Å². The molecule has 4 rings (SSSR count). The van der Waals surface area contributed by atoms with E-state index in [0.717, 1.165) is 63.9 Å². The first kappa shape index (κ1) is 17.4. The Morgan fingerprint density at radius 2 is 2.08 bits per heavy atom. The van der Waals surface area contributed by atoms with Gasteiger partial charge in [0.2, 0.25) is 6.79 Å². The fraction of sp³-hybridized carbons (Fsp3) is 0.389. The number of fused-ring (bicyclic) bond motifs is 1. The molecular formula is C18H20N4O2S2. The van der Waals surface area contributed by atoms with Crippen molar-refractivity contribution in [3.63, 3.8) is 0 Å². The van der Waals surface area contributed by atoms with Crippen molar-refractivity contribution in [2.45, 2.75) is 44.1 Å². The lowest BCUT2D eigenvalue weighted by atomic mass is 10.2. The molecule has 0 saturated carbocycles. The molecule has 2 aromatic heterocycles. The summed E-state index contributed by atoms with van der Waals surface area (Å²) < 4.78 is 13.0. The zero-order valence-corrected chi connectivity index (χ0v) is 16.4. The summed E-state index contributed by atoms with van der Waals surface area (Å²) in [5.74, 6) is 3.41. The molecule has 1 aliphatic rings. The second-order valence-electron chi connectivity index (χ2n) is 5.90. The second-order valence-corrected chi connectivity index (χ2v) is 7.71. The molecule has 0 bridgehead atoms. The Morgan fingerprint density at radius 3 is 2.92 bits per heavy atom. The number of benzene rings is 1. The van der Waals surface area contributed by atoms with E-state index in [4.69, 9.17) is 14.5 Å². The second kappa shape index (κ2) is 7.67. The van der Waals surface area contributed by atoms with Crippen LogP contribution >= 0.6 is 23.1 Å². The summed E-state index contributed by atoms with van der Waals surface area (Å²) in [7, 11) is 0. The predicted molar refractivity (Wildman–Crippen MR) is 103 cm³/mol. The molecule has 0 aliphatic carbocycles. The number of hydrogen-bond acceptors (Lipinski definition) is 7. The van der Waals surface area contributed by atoms with Crippen LogP contribution in [0.5, 0.6) is 11.5 Å². The third kappa shape index (κ3) is 3.43. The zero-order valence-electron chi connectivity index (χ0n) is 14.8. The molecule has 0 unspecified atom stereocenters. The monoisotopic (exact) mass is 388 g/mol. The number of thiazole rings is 1. The third-order valence-electron chi connectivity index (χ3n) is 4.08. The number of aromatic nitrogens is 4.